The van der Waals surface area contributed by atoms with E-state index in [2.05, 4.69) is 6.92 Å². The van der Waals surface area contributed by atoms with Gasteiger partial charge in [0.1, 0.15) is 23.0 Å². The average Bonchev–Trinajstić information content (AvgIpc) is 2.64. The normalized spacial score (nSPS) is 14.9. The number of benzene rings is 2. The van der Waals surface area contributed by atoms with Gasteiger partial charge in [-0.3, -0.25) is 0 Å². The Labute approximate surface area is 148 Å². The number of methoxy groups -OCH3 is 1. The second-order valence-corrected chi connectivity index (χ2v) is 6.29. The second kappa shape index (κ2) is 7.92. The van der Waals surface area contributed by atoms with Crippen molar-refractivity contribution in [2.45, 2.75) is 19.8 Å². The molecule has 1 fully saturated rings. The Kier molecular flexibility index (Phi) is 5.43. The van der Waals surface area contributed by atoms with Gasteiger partial charge in [0.25, 0.3) is 0 Å². The van der Waals surface area contributed by atoms with E-state index in [9.17, 15) is 4.79 Å². The molecule has 0 saturated carbocycles. The largest absolute Gasteiger partial charge is 0.497 e. The lowest BCUT2D eigenvalue weighted by Gasteiger charge is -2.29. The standard InChI is InChI=1S/C20H23NO4/c1-15-11-13-21(14-12-15)20(22)25-19-9-7-18(8-10-19)24-17-5-3-16(23-2)4-6-17/h3-10,15H,11-14H2,1-2H3. The summed E-state index contributed by atoms with van der Waals surface area (Å²) in [5.74, 6) is 3.37. The summed E-state index contributed by atoms with van der Waals surface area (Å²) in [6, 6.07) is 14.4. The van der Waals surface area contributed by atoms with Crippen LogP contribution in [0.5, 0.6) is 23.0 Å². The lowest BCUT2D eigenvalue weighted by atomic mass is 10.00. The molecule has 1 amide bonds. The van der Waals surface area contributed by atoms with Crippen molar-refractivity contribution in [2.75, 3.05) is 20.2 Å². The zero-order chi connectivity index (χ0) is 17.6. The highest BCUT2D eigenvalue weighted by molar-refractivity contribution is 5.70. The summed E-state index contributed by atoms with van der Waals surface area (Å²) in [7, 11) is 1.63. The molecule has 0 N–H and O–H groups in total. The van der Waals surface area contributed by atoms with Gasteiger partial charge in [0.15, 0.2) is 0 Å². The van der Waals surface area contributed by atoms with Gasteiger partial charge in [0.2, 0.25) is 0 Å². The van der Waals surface area contributed by atoms with E-state index >= 15 is 0 Å². The van der Waals surface area contributed by atoms with Crippen molar-refractivity contribution in [1.29, 1.82) is 0 Å². The Bertz CT molecular complexity index is 689. The number of amides is 1. The molecule has 0 bridgehead atoms. The molecule has 0 atom stereocenters. The predicted molar refractivity (Wildman–Crippen MR) is 95.5 cm³/mol. The van der Waals surface area contributed by atoms with Crippen molar-refractivity contribution in [3.63, 3.8) is 0 Å². The fourth-order valence-corrected chi connectivity index (χ4v) is 2.71. The molecule has 25 heavy (non-hydrogen) atoms. The zero-order valence-electron chi connectivity index (χ0n) is 14.6. The molecule has 3 rings (SSSR count). The predicted octanol–water partition coefficient (Wildman–Crippen LogP) is 4.72. The van der Waals surface area contributed by atoms with Gasteiger partial charge in [-0.15, -0.1) is 0 Å². The molecule has 0 aromatic heterocycles. The van der Waals surface area contributed by atoms with E-state index in [1.54, 1.807) is 36.3 Å². The number of ether oxygens (including phenoxy) is 3. The highest BCUT2D eigenvalue weighted by Crippen LogP contribution is 2.26. The summed E-state index contributed by atoms with van der Waals surface area (Å²) in [5, 5.41) is 0. The van der Waals surface area contributed by atoms with Gasteiger partial charge in [-0.05, 0) is 67.3 Å². The molecule has 0 aliphatic carbocycles. The Hall–Kier alpha value is -2.69. The van der Waals surface area contributed by atoms with E-state index in [0.29, 0.717) is 23.2 Å². The Balaban J connectivity index is 1.55. The lowest BCUT2D eigenvalue weighted by Crippen LogP contribution is -2.39. The molecule has 1 aliphatic heterocycles. The van der Waals surface area contributed by atoms with Crippen LogP contribution in [0.1, 0.15) is 19.8 Å². The van der Waals surface area contributed by atoms with Crippen LogP contribution in [-0.2, 0) is 0 Å². The molecular weight excluding hydrogens is 318 g/mol. The molecule has 1 aliphatic rings. The van der Waals surface area contributed by atoms with E-state index in [4.69, 9.17) is 14.2 Å². The third kappa shape index (κ3) is 4.66. The van der Waals surface area contributed by atoms with Crippen LogP contribution in [0.15, 0.2) is 48.5 Å². The molecule has 2 aromatic rings. The first-order valence-electron chi connectivity index (χ1n) is 8.53. The zero-order valence-corrected chi connectivity index (χ0v) is 14.6. The number of rotatable bonds is 4. The number of carbonyl (C=O) groups is 1. The molecule has 132 valence electrons. The first kappa shape index (κ1) is 17.1. The molecule has 0 radical (unpaired) electrons. The summed E-state index contributed by atoms with van der Waals surface area (Å²) in [6.45, 7) is 3.74. The summed E-state index contributed by atoms with van der Waals surface area (Å²) < 4.78 is 16.3. The number of piperidine rings is 1. The monoisotopic (exact) mass is 341 g/mol. The number of hydrogen-bond donors (Lipinski definition) is 0. The summed E-state index contributed by atoms with van der Waals surface area (Å²) >= 11 is 0. The van der Waals surface area contributed by atoms with Gasteiger partial charge >= 0.3 is 6.09 Å². The maximum Gasteiger partial charge on any atom is 0.415 e. The molecular formula is C20H23NO4. The van der Waals surface area contributed by atoms with Gasteiger partial charge in [-0.2, -0.15) is 0 Å². The second-order valence-electron chi connectivity index (χ2n) is 6.29. The summed E-state index contributed by atoms with van der Waals surface area (Å²) in [5.41, 5.74) is 0. The molecule has 0 unspecified atom stereocenters. The molecule has 5 heteroatoms. The third-order valence-corrected chi connectivity index (χ3v) is 4.37. The lowest BCUT2D eigenvalue weighted by molar-refractivity contribution is 0.133. The van der Waals surface area contributed by atoms with Gasteiger partial charge in [-0.1, -0.05) is 6.92 Å². The third-order valence-electron chi connectivity index (χ3n) is 4.37. The maximum absolute atomic E-state index is 12.2. The minimum absolute atomic E-state index is 0.282. The van der Waals surface area contributed by atoms with Gasteiger partial charge in [0.05, 0.1) is 7.11 Å². The van der Waals surface area contributed by atoms with Crippen LogP contribution in [0.2, 0.25) is 0 Å². The van der Waals surface area contributed by atoms with Gasteiger partial charge in [-0.25, -0.2) is 4.79 Å². The average molecular weight is 341 g/mol. The highest BCUT2D eigenvalue weighted by atomic mass is 16.6. The first-order chi connectivity index (χ1) is 12.1. The minimum Gasteiger partial charge on any atom is -0.497 e. The fourth-order valence-electron chi connectivity index (χ4n) is 2.71. The van der Waals surface area contributed by atoms with E-state index in [-0.39, 0.29) is 6.09 Å². The molecule has 2 aromatic carbocycles. The van der Waals surface area contributed by atoms with Gasteiger partial charge < -0.3 is 19.1 Å². The molecule has 1 heterocycles. The van der Waals surface area contributed by atoms with Crippen molar-refractivity contribution in [2.24, 2.45) is 5.92 Å². The van der Waals surface area contributed by atoms with Crippen molar-refractivity contribution in [1.82, 2.24) is 4.90 Å². The number of likely N-dealkylation sites (tertiary alicyclic amines) is 1. The van der Waals surface area contributed by atoms with E-state index in [0.717, 1.165) is 31.7 Å². The van der Waals surface area contributed by atoms with Crippen LogP contribution in [-0.4, -0.2) is 31.2 Å². The number of carbonyl (C=O) groups excluding carboxylic acids is 1. The van der Waals surface area contributed by atoms with Crippen LogP contribution in [0.3, 0.4) is 0 Å². The van der Waals surface area contributed by atoms with E-state index in [1.807, 2.05) is 24.3 Å². The fraction of sp³-hybridized carbons (Fsp3) is 0.350. The van der Waals surface area contributed by atoms with Crippen LogP contribution >= 0.6 is 0 Å². The highest BCUT2D eigenvalue weighted by Gasteiger charge is 2.21. The summed E-state index contributed by atoms with van der Waals surface area (Å²) in [6.07, 6.45) is 1.78. The van der Waals surface area contributed by atoms with Crippen molar-refractivity contribution >= 4 is 6.09 Å². The Morgan fingerprint density at radius 3 is 1.88 bits per heavy atom. The quantitative estimate of drug-likeness (QED) is 0.807. The van der Waals surface area contributed by atoms with Crippen LogP contribution in [0.4, 0.5) is 4.79 Å². The van der Waals surface area contributed by atoms with Crippen molar-refractivity contribution < 1.29 is 19.0 Å². The van der Waals surface area contributed by atoms with Crippen molar-refractivity contribution in [3.05, 3.63) is 48.5 Å². The first-order valence-corrected chi connectivity index (χ1v) is 8.53. The van der Waals surface area contributed by atoms with E-state index in [1.165, 1.54) is 0 Å². The Morgan fingerprint density at radius 1 is 0.880 bits per heavy atom. The van der Waals surface area contributed by atoms with Crippen molar-refractivity contribution in [3.8, 4) is 23.0 Å². The number of hydrogen-bond acceptors (Lipinski definition) is 4. The molecule has 0 spiro atoms. The summed E-state index contributed by atoms with van der Waals surface area (Å²) in [4.78, 5) is 13.9. The maximum atomic E-state index is 12.2. The van der Waals surface area contributed by atoms with Crippen LogP contribution in [0, 0.1) is 5.92 Å². The number of nitrogens with zero attached hydrogens (tertiary/aromatic N) is 1. The minimum atomic E-state index is -0.282. The SMILES string of the molecule is COc1ccc(Oc2ccc(OC(=O)N3CCC(C)CC3)cc2)cc1. The van der Waals surface area contributed by atoms with E-state index < -0.39 is 0 Å². The topological polar surface area (TPSA) is 48.0 Å². The van der Waals surface area contributed by atoms with Crippen LogP contribution < -0.4 is 14.2 Å². The molecule has 5 nitrogen and oxygen atoms in total. The molecule has 1 saturated heterocycles. The smallest absolute Gasteiger partial charge is 0.415 e. The Morgan fingerprint density at radius 2 is 1.36 bits per heavy atom. The van der Waals surface area contributed by atoms with Crippen LogP contribution in [0.25, 0.3) is 0 Å². The van der Waals surface area contributed by atoms with Gasteiger partial charge in [0, 0.05) is 13.1 Å².